The SMILES string of the molecule is CC.CCc1cc(N)cc2ccc(F)c(CC(F)(F)F)c12. The van der Waals surface area contributed by atoms with Gasteiger partial charge in [-0.2, -0.15) is 13.2 Å². The number of alkyl halides is 3. The maximum absolute atomic E-state index is 13.7. The summed E-state index contributed by atoms with van der Waals surface area (Å²) in [6, 6.07) is 5.68. The fourth-order valence-corrected chi connectivity index (χ4v) is 2.29. The van der Waals surface area contributed by atoms with Crippen LogP contribution in [-0.2, 0) is 12.8 Å². The van der Waals surface area contributed by atoms with Gasteiger partial charge in [-0.05, 0) is 41.0 Å². The lowest BCUT2D eigenvalue weighted by molar-refractivity contribution is -0.127. The first-order valence-electron chi connectivity index (χ1n) is 6.88. The molecule has 116 valence electrons. The van der Waals surface area contributed by atoms with Crippen LogP contribution in [0.25, 0.3) is 10.8 Å². The fraction of sp³-hybridized carbons (Fsp3) is 0.375. The molecule has 1 nitrogen and oxygen atoms in total. The molecule has 0 radical (unpaired) electrons. The molecule has 0 fully saturated rings. The van der Waals surface area contributed by atoms with Gasteiger partial charge in [0.2, 0.25) is 0 Å². The van der Waals surface area contributed by atoms with Gasteiger partial charge >= 0.3 is 6.18 Å². The van der Waals surface area contributed by atoms with Crippen LogP contribution in [0, 0.1) is 5.82 Å². The van der Waals surface area contributed by atoms with Crippen LogP contribution in [0.15, 0.2) is 24.3 Å². The second-order valence-corrected chi connectivity index (χ2v) is 4.45. The Bertz CT molecular complexity index is 618. The third-order valence-corrected chi connectivity index (χ3v) is 3.03. The van der Waals surface area contributed by atoms with E-state index in [1.165, 1.54) is 6.07 Å². The first-order chi connectivity index (χ1) is 9.81. The molecule has 2 aromatic carbocycles. The predicted molar refractivity (Wildman–Crippen MR) is 78.8 cm³/mol. The molecule has 0 saturated heterocycles. The molecule has 0 saturated carbocycles. The van der Waals surface area contributed by atoms with Crippen molar-refractivity contribution in [1.29, 1.82) is 0 Å². The highest BCUT2D eigenvalue weighted by atomic mass is 19.4. The van der Waals surface area contributed by atoms with Gasteiger partial charge in [-0.1, -0.05) is 26.8 Å². The zero-order valence-corrected chi connectivity index (χ0v) is 12.3. The van der Waals surface area contributed by atoms with Crippen molar-refractivity contribution in [3.05, 3.63) is 41.2 Å². The molecule has 0 unspecified atom stereocenters. The Morgan fingerprint density at radius 1 is 1.10 bits per heavy atom. The van der Waals surface area contributed by atoms with Crippen molar-refractivity contribution < 1.29 is 17.6 Å². The fourth-order valence-electron chi connectivity index (χ4n) is 2.29. The van der Waals surface area contributed by atoms with Crippen molar-refractivity contribution in [1.82, 2.24) is 0 Å². The molecule has 2 rings (SSSR count). The molecule has 0 aliphatic heterocycles. The van der Waals surface area contributed by atoms with Gasteiger partial charge in [0.05, 0.1) is 6.42 Å². The summed E-state index contributed by atoms with van der Waals surface area (Å²) >= 11 is 0. The third-order valence-electron chi connectivity index (χ3n) is 3.03. The lowest BCUT2D eigenvalue weighted by Crippen LogP contribution is -2.13. The van der Waals surface area contributed by atoms with E-state index in [0.29, 0.717) is 28.4 Å². The molecular weight excluding hydrogens is 282 g/mol. The minimum atomic E-state index is -4.44. The Morgan fingerprint density at radius 2 is 1.71 bits per heavy atom. The molecule has 0 bridgehead atoms. The molecule has 0 amide bonds. The van der Waals surface area contributed by atoms with Gasteiger partial charge < -0.3 is 5.73 Å². The Kier molecular flexibility index (Phi) is 5.58. The number of anilines is 1. The first-order valence-corrected chi connectivity index (χ1v) is 6.88. The molecule has 0 aromatic heterocycles. The Hall–Kier alpha value is -1.78. The van der Waals surface area contributed by atoms with Crippen LogP contribution >= 0.6 is 0 Å². The van der Waals surface area contributed by atoms with Crippen LogP contribution in [0.4, 0.5) is 23.2 Å². The van der Waals surface area contributed by atoms with Crippen molar-refractivity contribution in [3.63, 3.8) is 0 Å². The molecule has 0 heterocycles. The van der Waals surface area contributed by atoms with Crippen LogP contribution < -0.4 is 5.73 Å². The highest BCUT2D eigenvalue weighted by Crippen LogP contribution is 2.32. The Balaban J connectivity index is 0.00000106. The second kappa shape index (κ2) is 6.78. The number of hydrogen-bond acceptors (Lipinski definition) is 1. The molecule has 0 aliphatic carbocycles. The van der Waals surface area contributed by atoms with Crippen molar-refractivity contribution in [2.75, 3.05) is 5.73 Å². The molecule has 0 spiro atoms. The molecule has 21 heavy (non-hydrogen) atoms. The van der Waals surface area contributed by atoms with E-state index in [-0.39, 0.29) is 5.56 Å². The minimum Gasteiger partial charge on any atom is -0.399 e. The molecular formula is C16H19F4N. The molecule has 2 N–H and O–H groups in total. The number of hydrogen-bond donors (Lipinski definition) is 1. The smallest absolute Gasteiger partial charge is 0.393 e. The summed E-state index contributed by atoms with van der Waals surface area (Å²) in [5, 5.41) is 0.867. The number of nitrogen functional groups attached to an aromatic ring is 1. The van der Waals surface area contributed by atoms with E-state index in [2.05, 4.69) is 0 Å². The number of nitrogens with two attached hydrogens (primary N) is 1. The van der Waals surface area contributed by atoms with E-state index in [4.69, 9.17) is 5.73 Å². The third kappa shape index (κ3) is 4.09. The van der Waals surface area contributed by atoms with E-state index in [1.807, 2.05) is 13.8 Å². The van der Waals surface area contributed by atoms with Crippen LogP contribution in [0.1, 0.15) is 31.9 Å². The van der Waals surface area contributed by atoms with E-state index >= 15 is 0 Å². The number of fused-ring (bicyclic) bond motifs is 1. The second-order valence-electron chi connectivity index (χ2n) is 4.45. The van der Waals surface area contributed by atoms with Gasteiger partial charge in [-0.3, -0.25) is 0 Å². The molecule has 0 aliphatic rings. The quantitative estimate of drug-likeness (QED) is 0.594. The van der Waals surface area contributed by atoms with E-state index < -0.39 is 18.4 Å². The summed E-state index contributed by atoms with van der Waals surface area (Å²) in [7, 11) is 0. The highest BCUT2D eigenvalue weighted by molar-refractivity contribution is 5.91. The molecule has 2 aromatic rings. The molecule has 0 atom stereocenters. The average molecular weight is 301 g/mol. The minimum absolute atomic E-state index is 0.304. The standard InChI is InChI=1S/C14H13F4N.C2H6/c1-2-8-5-10(19)6-9-3-4-12(15)11(13(8)9)7-14(16,17)18;1-2/h3-6H,2,7,19H2,1H3;1-2H3. The number of rotatable bonds is 2. The number of benzene rings is 2. The van der Waals surface area contributed by atoms with Crippen molar-refractivity contribution >= 4 is 16.5 Å². The van der Waals surface area contributed by atoms with Crippen LogP contribution in [-0.4, -0.2) is 6.18 Å². The van der Waals surface area contributed by atoms with Crippen LogP contribution in [0.5, 0.6) is 0 Å². The maximum Gasteiger partial charge on any atom is 0.393 e. The summed E-state index contributed by atoms with van der Waals surface area (Å²) in [6.45, 7) is 5.80. The van der Waals surface area contributed by atoms with Crippen LogP contribution in [0.3, 0.4) is 0 Å². The molecule has 5 heteroatoms. The normalized spacial score (nSPS) is 11.2. The summed E-state index contributed by atoms with van der Waals surface area (Å²) < 4.78 is 51.5. The lowest BCUT2D eigenvalue weighted by atomic mass is 9.95. The first kappa shape index (κ1) is 17.3. The monoisotopic (exact) mass is 301 g/mol. The number of aryl methyl sites for hydroxylation is 1. The van der Waals surface area contributed by atoms with Gasteiger partial charge in [0, 0.05) is 11.3 Å². The van der Waals surface area contributed by atoms with Crippen LogP contribution in [0.2, 0.25) is 0 Å². The highest BCUT2D eigenvalue weighted by Gasteiger charge is 2.30. The average Bonchev–Trinajstić information content (AvgIpc) is 2.42. The summed E-state index contributed by atoms with van der Waals surface area (Å²) in [4.78, 5) is 0. The number of halogens is 4. The van der Waals surface area contributed by atoms with Crippen molar-refractivity contribution in [2.24, 2.45) is 0 Å². The summed E-state index contributed by atoms with van der Waals surface area (Å²) in [6.07, 6.45) is -5.22. The van der Waals surface area contributed by atoms with Gasteiger partial charge in [-0.25, -0.2) is 4.39 Å². The largest absolute Gasteiger partial charge is 0.399 e. The van der Waals surface area contributed by atoms with Gasteiger partial charge in [-0.15, -0.1) is 0 Å². The topological polar surface area (TPSA) is 26.0 Å². The van der Waals surface area contributed by atoms with Gasteiger partial charge in [0.1, 0.15) is 5.82 Å². The Morgan fingerprint density at radius 3 is 2.24 bits per heavy atom. The van der Waals surface area contributed by atoms with Crippen molar-refractivity contribution in [2.45, 2.75) is 39.8 Å². The van der Waals surface area contributed by atoms with E-state index in [0.717, 1.165) is 6.07 Å². The lowest BCUT2D eigenvalue weighted by Gasteiger charge is -2.14. The van der Waals surface area contributed by atoms with Gasteiger partial charge in [0.25, 0.3) is 0 Å². The van der Waals surface area contributed by atoms with Gasteiger partial charge in [0.15, 0.2) is 0 Å². The maximum atomic E-state index is 13.7. The van der Waals surface area contributed by atoms with E-state index in [9.17, 15) is 17.6 Å². The predicted octanol–water partition coefficient (Wildman–Crippen LogP) is 5.25. The van der Waals surface area contributed by atoms with Crippen molar-refractivity contribution in [3.8, 4) is 0 Å². The summed E-state index contributed by atoms with van der Waals surface area (Å²) in [5.74, 6) is -0.829. The Labute approximate surface area is 121 Å². The summed E-state index contributed by atoms with van der Waals surface area (Å²) in [5.41, 5.74) is 6.50. The van der Waals surface area contributed by atoms with E-state index in [1.54, 1.807) is 19.1 Å². The zero-order valence-electron chi connectivity index (χ0n) is 12.3. The zero-order chi connectivity index (χ0) is 16.2.